The predicted octanol–water partition coefficient (Wildman–Crippen LogP) is 1.56. The number of hydrogen-bond acceptors (Lipinski definition) is 3. The van der Waals surface area contributed by atoms with Gasteiger partial charge in [-0.15, -0.1) is 0 Å². The van der Waals surface area contributed by atoms with Crippen molar-refractivity contribution in [2.24, 2.45) is 0 Å². The highest BCUT2D eigenvalue weighted by Crippen LogP contribution is 2.24. The van der Waals surface area contributed by atoms with Gasteiger partial charge in [0.15, 0.2) is 0 Å². The van der Waals surface area contributed by atoms with Gasteiger partial charge in [0.2, 0.25) is 0 Å². The number of likely N-dealkylation sites (N-methyl/N-ethyl adjacent to an activating group) is 1. The molecule has 0 radical (unpaired) electrons. The van der Waals surface area contributed by atoms with Crippen molar-refractivity contribution in [2.75, 3.05) is 33.3 Å². The third kappa shape index (κ3) is 3.44. The molecule has 0 aromatic carbocycles. The first kappa shape index (κ1) is 13.9. The van der Waals surface area contributed by atoms with Crippen LogP contribution in [0.1, 0.15) is 40.0 Å². The van der Waals surface area contributed by atoms with Crippen LogP contribution in [0.25, 0.3) is 0 Å². The van der Waals surface area contributed by atoms with Gasteiger partial charge in [-0.05, 0) is 27.3 Å². The molecule has 0 aliphatic carbocycles. The average molecular weight is 228 g/mol. The Hall–Kier alpha value is -0.120. The highest BCUT2D eigenvalue weighted by molar-refractivity contribution is 4.89. The molecule has 1 N–H and O–H groups in total. The quantitative estimate of drug-likeness (QED) is 0.773. The fourth-order valence-electron chi connectivity index (χ4n) is 2.46. The highest BCUT2D eigenvalue weighted by atomic mass is 16.3. The van der Waals surface area contributed by atoms with Gasteiger partial charge in [-0.1, -0.05) is 19.8 Å². The minimum absolute atomic E-state index is 0.275. The van der Waals surface area contributed by atoms with Crippen molar-refractivity contribution in [3.63, 3.8) is 0 Å². The average Bonchev–Trinajstić information content (AvgIpc) is 2.27. The molecule has 3 heteroatoms. The van der Waals surface area contributed by atoms with E-state index in [0.717, 1.165) is 19.6 Å². The highest BCUT2D eigenvalue weighted by Gasteiger charge is 2.32. The van der Waals surface area contributed by atoms with Crippen molar-refractivity contribution >= 4 is 0 Å². The van der Waals surface area contributed by atoms with E-state index < -0.39 is 0 Å². The Labute approximate surface area is 100 Å². The van der Waals surface area contributed by atoms with E-state index in [1.807, 2.05) is 0 Å². The number of unbranched alkanes of at least 4 members (excludes halogenated alkanes) is 1. The molecule has 3 nitrogen and oxygen atoms in total. The summed E-state index contributed by atoms with van der Waals surface area (Å²) in [5, 5.41) is 9.35. The van der Waals surface area contributed by atoms with E-state index in [-0.39, 0.29) is 12.1 Å². The summed E-state index contributed by atoms with van der Waals surface area (Å²) in [4.78, 5) is 4.82. The maximum absolute atomic E-state index is 9.35. The van der Waals surface area contributed by atoms with Gasteiger partial charge in [0.25, 0.3) is 0 Å². The van der Waals surface area contributed by atoms with E-state index in [1.165, 1.54) is 19.3 Å². The lowest BCUT2D eigenvalue weighted by molar-refractivity contribution is 0.00266. The number of rotatable bonds is 5. The van der Waals surface area contributed by atoms with Crippen LogP contribution in [0.5, 0.6) is 0 Å². The number of nitrogens with zero attached hydrogens (tertiary/aromatic N) is 2. The van der Waals surface area contributed by atoms with Crippen LogP contribution in [0.2, 0.25) is 0 Å². The van der Waals surface area contributed by atoms with Gasteiger partial charge < -0.3 is 5.11 Å². The molecule has 0 amide bonds. The first-order valence-corrected chi connectivity index (χ1v) is 6.57. The van der Waals surface area contributed by atoms with Crippen molar-refractivity contribution in [1.82, 2.24) is 9.80 Å². The Morgan fingerprint density at radius 1 is 1.31 bits per heavy atom. The van der Waals surface area contributed by atoms with Crippen LogP contribution < -0.4 is 0 Å². The van der Waals surface area contributed by atoms with Crippen LogP contribution in [0.4, 0.5) is 0 Å². The minimum Gasteiger partial charge on any atom is -0.395 e. The predicted molar refractivity (Wildman–Crippen MR) is 68.7 cm³/mol. The molecule has 0 aromatic rings. The first-order valence-electron chi connectivity index (χ1n) is 6.57. The fraction of sp³-hybridized carbons (Fsp3) is 1.00. The summed E-state index contributed by atoms with van der Waals surface area (Å²) < 4.78 is 0. The lowest BCUT2D eigenvalue weighted by Gasteiger charge is -2.46. The molecule has 16 heavy (non-hydrogen) atoms. The minimum atomic E-state index is 0.275. The second-order valence-corrected chi connectivity index (χ2v) is 5.68. The smallest absolute Gasteiger partial charge is 0.0599 e. The summed E-state index contributed by atoms with van der Waals surface area (Å²) in [6.45, 7) is 10.4. The van der Waals surface area contributed by atoms with E-state index in [1.54, 1.807) is 0 Å². The zero-order chi connectivity index (χ0) is 12.2. The molecule has 1 saturated heterocycles. The molecule has 1 rings (SSSR count). The molecule has 1 atom stereocenters. The molecule has 0 bridgehead atoms. The SMILES string of the molecule is CCCCC(C)(C)N1CCN(C)C(CO)C1. The molecule has 1 heterocycles. The third-order valence-electron chi connectivity index (χ3n) is 3.99. The van der Waals surface area contributed by atoms with Crippen LogP contribution in [0.15, 0.2) is 0 Å². The van der Waals surface area contributed by atoms with Gasteiger partial charge in [-0.25, -0.2) is 0 Å². The Kier molecular flexibility index (Phi) is 5.22. The number of aliphatic hydroxyl groups excluding tert-OH is 1. The Morgan fingerprint density at radius 2 is 2.00 bits per heavy atom. The molecule has 0 spiro atoms. The van der Waals surface area contributed by atoms with Gasteiger partial charge in [-0.3, -0.25) is 9.80 Å². The Balaban J connectivity index is 2.53. The summed E-state index contributed by atoms with van der Waals surface area (Å²) >= 11 is 0. The second kappa shape index (κ2) is 5.99. The number of piperazine rings is 1. The topological polar surface area (TPSA) is 26.7 Å². The maximum atomic E-state index is 9.35. The van der Waals surface area contributed by atoms with Crippen molar-refractivity contribution in [1.29, 1.82) is 0 Å². The van der Waals surface area contributed by atoms with Gasteiger partial charge in [0.1, 0.15) is 0 Å². The number of hydrogen-bond donors (Lipinski definition) is 1. The molecule has 0 aromatic heterocycles. The molecular formula is C13H28N2O. The van der Waals surface area contributed by atoms with Crippen molar-refractivity contribution < 1.29 is 5.11 Å². The van der Waals surface area contributed by atoms with E-state index in [4.69, 9.17) is 0 Å². The molecule has 1 aliphatic rings. The van der Waals surface area contributed by atoms with Gasteiger partial charge >= 0.3 is 0 Å². The lowest BCUT2D eigenvalue weighted by atomic mass is 9.93. The fourth-order valence-corrected chi connectivity index (χ4v) is 2.46. The summed E-state index contributed by atoms with van der Waals surface area (Å²) in [6, 6.07) is 0.314. The van der Waals surface area contributed by atoms with E-state index in [9.17, 15) is 5.11 Å². The zero-order valence-corrected chi connectivity index (χ0v) is 11.4. The third-order valence-corrected chi connectivity index (χ3v) is 3.99. The zero-order valence-electron chi connectivity index (χ0n) is 11.4. The van der Waals surface area contributed by atoms with E-state index in [2.05, 4.69) is 37.6 Å². The largest absolute Gasteiger partial charge is 0.395 e. The molecule has 1 aliphatic heterocycles. The summed E-state index contributed by atoms with van der Waals surface area (Å²) in [7, 11) is 2.11. The maximum Gasteiger partial charge on any atom is 0.0599 e. The van der Waals surface area contributed by atoms with Crippen LogP contribution in [0, 0.1) is 0 Å². The van der Waals surface area contributed by atoms with Crippen molar-refractivity contribution in [3.8, 4) is 0 Å². The normalized spacial score (nSPS) is 24.9. The summed E-state index contributed by atoms with van der Waals surface area (Å²) in [5.74, 6) is 0. The van der Waals surface area contributed by atoms with E-state index in [0.29, 0.717) is 6.04 Å². The van der Waals surface area contributed by atoms with Crippen molar-refractivity contribution in [2.45, 2.75) is 51.6 Å². The first-order chi connectivity index (χ1) is 7.51. The molecule has 1 fully saturated rings. The van der Waals surface area contributed by atoms with Crippen LogP contribution >= 0.6 is 0 Å². The standard InChI is InChI=1S/C13H28N2O/c1-5-6-7-13(2,3)15-9-8-14(4)12(10-15)11-16/h12,16H,5-11H2,1-4H3. The van der Waals surface area contributed by atoms with Gasteiger partial charge in [0, 0.05) is 31.2 Å². The van der Waals surface area contributed by atoms with E-state index >= 15 is 0 Å². The van der Waals surface area contributed by atoms with Crippen LogP contribution in [0.3, 0.4) is 0 Å². The number of aliphatic hydroxyl groups is 1. The second-order valence-electron chi connectivity index (χ2n) is 5.68. The summed E-state index contributed by atoms with van der Waals surface area (Å²) in [6.07, 6.45) is 3.81. The van der Waals surface area contributed by atoms with Crippen molar-refractivity contribution in [3.05, 3.63) is 0 Å². The Morgan fingerprint density at radius 3 is 2.56 bits per heavy atom. The molecule has 1 unspecified atom stereocenters. The molecule has 0 saturated carbocycles. The lowest BCUT2D eigenvalue weighted by Crippen LogP contribution is -2.58. The Bertz CT molecular complexity index is 206. The molecular weight excluding hydrogens is 200 g/mol. The van der Waals surface area contributed by atoms with Crippen LogP contribution in [-0.2, 0) is 0 Å². The van der Waals surface area contributed by atoms with Gasteiger partial charge in [0.05, 0.1) is 6.61 Å². The summed E-state index contributed by atoms with van der Waals surface area (Å²) in [5.41, 5.74) is 0.282. The van der Waals surface area contributed by atoms with Gasteiger partial charge in [-0.2, -0.15) is 0 Å². The molecule has 96 valence electrons. The monoisotopic (exact) mass is 228 g/mol. The van der Waals surface area contributed by atoms with Crippen LogP contribution in [-0.4, -0.2) is 59.8 Å².